The molecule has 1 fully saturated rings. The first-order chi connectivity index (χ1) is 17.3. The molecule has 0 radical (unpaired) electrons. The number of carbonyl (C=O) groups excluding carboxylic acids is 2. The number of anilines is 1. The monoisotopic (exact) mass is 475 g/mol. The Morgan fingerprint density at radius 1 is 0.917 bits per heavy atom. The first-order valence-corrected chi connectivity index (χ1v) is 11.8. The van der Waals surface area contributed by atoms with Gasteiger partial charge in [0.15, 0.2) is 0 Å². The maximum atomic E-state index is 13.6. The van der Waals surface area contributed by atoms with Gasteiger partial charge in [-0.15, -0.1) is 0 Å². The molecule has 1 amide bonds. The third-order valence-electron chi connectivity index (χ3n) is 7.00. The highest BCUT2D eigenvalue weighted by Crippen LogP contribution is 2.45. The lowest BCUT2D eigenvalue weighted by Crippen LogP contribution is -2.29. The Balaban J connectivity index is 1.67. The second-order valence-corrected chi connectivity index (χ2v) is 9.48. The van der Waals surface area contributed by atoms with Gasteiger partial charge in [0.1, 0.15) is 5.76 Å². The Hall–Kier alpha value is -4.58. The van der Waals surface area contributed by atoms with E-state index in [-0.39, 0.29) is 11.3 Å². The van der Waals surface area contributed by atoms with Crippen molar-refractivity contribution in [3.63, 3.8) is 0 Å². The molecule has 1 atom stereocenters. The van der Waals surface area contributed by atoms with Crippen molar-refractivity contribution < 1.29 is 14.7 Å². The minimum Gasteiger partial charge on any atom is -0.507 e. The molecule has 178 valence electrons. The summed E-state index contributed by atoms with van der Waals surface area (Å²) in [5.74, 6) is -1.54. The topological polar surface area (TPSA) is 78.3 Å². The van der Waals surface area contributed by atoms with E-state index in [0.29, 0.717) is 11.3 Å². The average molecular weight is 476 g/mol. The van der Waals surface area contributed by atoms with E-state index in [1.807, 2.05) is 98.4 Å². The van der Waals surface area contributed by atoms with Crippen molar-refractivity contribution in [1.82, 2.24) is 9.55 Å². The molecule has 1 saturated heterocycles. The van der Waals surface area contributed by atoms with Crippen LogP contribution in [0, 0.1) is 13.8 Å². The molecule has 1 unspecified atom stereocenters. The normalized spacial score (nSPS) is 17.5. The van der Waals surface area contributed by atoms with Crippen LogP contribution in [0.5, 0.6) is 0 Å². The van der Waals surface area contributed by atoms with Crippen molar-refractivity contribution in [2.24, 2.45) is 7.05 Å². The molecule has 6 heteroatoms. The quantitative estimate of drug-likeness (QED) is 0.194. The second-order valence-electron chi connectivity index (χ2n) is 9.48. The molecule has 2 N–H and O–H groups in total. The van der Waals surface area contributed by atoms with Crippen LogP contribution >= 0.6 is 0 Å². The van der Waals surface area contributed by atoms with Gasteiger partial charge < -0.3 is 14.7 Å². The predicted molar refractivity (Wildman–Crippen MR) is 142 cm³/mol. The van der Waals surface area contributed by atoms with Crippen LogP contribution in [0.4, 0.5) is 5.69 Å². The number of para-hydroxylation sites is 2. The number of aliphatic hydroxyl groups is 1. The first kappa shape index (κ1) is 21.9. The molecule has 2 aromatic heterocycles. The number of Topliss-reactive ketones (excluding diaryl/α,β-unsaturated/α-hetero) is 1. The van der Waals surface area contributed by atoms with Gasteiger partial charge >= 0.3 is 0 Å². The summed E-state index contributed by atoms with van der Waals surface area (Å²) in [4.78, 5) is 31.9. The van der Waals surface area contributed by atoms with E-state index < -0.39 is 17.7 Å². The maximum absolute atomic E-state index is 13.6. The van der Waals surface area contributed by atoms with Crippen LogP contribution in [0.15, 0.2) is 84.7 Å². The summed E-state index contributed by atoms with van der Waals surface area (Å²) in [5, 5.41) is 13.3. The van der Waals surface area contributed by atoms with Crippen LogP contribution in [0.1, 0.15) is 28.3 Å². The number of aryl methyl sites for hydroxylation is 3. The van der Waals surface area contributed by atoms with E-state index >= 15 is 0 Å². The number of aromatic nitrogens is 2. The summed E-state index contributed by atoms with van der Waals surface area (Å²) in [6, 6.07) is 20.5. The van der Waals surface area contributed by atoms with Gasteiger partial charge in [-0.25, -0.2) is 0 Å². The molecule has 6 rings (SSSR count). The second kappa shape index (κ2) is 7.99. The van der Waals surface area contributed by atoms with Crippen LogP contribution in [-0.4, -0.2) is 26.3 Å². The van der Waals surface area contributed by atoms with Gasteiger partial charge in [-0.05, 0) is 49.2 Å². The highest BCUT2D eigenvalue weighted by molar-refractivity contribution is 6.52. The summed E-state index contributed by atoms with van der Waals surface area (Å²) in [6.07, 6.45) is 3.63. The summed E-state index contributed by atoms with van der Waals surface area (Å²) in [7, 11) is 1.94. The van der Waals surface area contributed by atoms with Gasteiger partial charge in [0.2, 0.25) is 0 Å². The van der Waals surface area contributed by atoms with Crippen LogP contribution in [0.2, 0.25) is 0 Å². The number of carbonyl (C=O) groups is 2. The number of amides is 1. The lowest BCUT2D eigenvalue weighted by Gasteiger charge is -2.25. The fraction of sp³-hybridized carbons (Fsp3) is 0.133. The van der Waals surface area contributed by atoms with Crippen LogP contribution < -0.4 is 4.90 Å². The maximum Gasteiger partial charge on any atom is 0.300 e. The highest BCUT2D eigenvalue weighted by atomic mass is 16.3. The fourth-order valence-electron chi connectivity index (χ4n) is 5.49. The van der Waals surface area contributed by atoms with E-state index in [4.69, 9.17) is 0 Å². The first-order valence-electron chi connectivity index (χ1n) is 11.8. The number of H-pyrrole nitrogens is 1. The minimum absolute atomic E-state index is 0.0836. The molecule has 6 nitrogen and oxygen atoms in total. The zero-order valence-corrected chi connectivity index (χ0v) is 20.2. The number of rotatable bonds is 3. The molecule has 5 aromatic rings. The number of nitrogens with one attached hydrogen (secondary N) is 1. The predicted octanol–water partition coefficient (Wildman–Crippen LogP) is 5.90. The van der Waals surface area contributed by atoms with Gasteiger partial charge in [-0.2, -0.15) is 0 Å². The number of hydrogen-bond donors (Lipinski definition) is 2. The Bertz CT molecular complexity index is 1720. The third-order valence-corrected chi connectivity index (χ3v) is 7.00. The summed E-state index contributed by atoms with van der Waals surface area (Å²) in [6.45, 7) is 3.93. The number of fused-ring (bicyclic) bond motifs is 2. The van der Waals surface area contributed by atoms with Crippen molar-refractivity contribution in [3.05, 3.63) is 107 Å². The van der Waals surface area contributed by atoms with E-state index in [2.05, 4.69) is 4.98 Å². The molecule has 0 saturated carbocycles. The minimum atomic E-state index is -0.786. The van der Waals surface area contributed by atoms with Gasteiger partial charge in [-0.3, -0.25) is 14.5 Å². The Morgan fingerprint density at radius 2 is 1.58 bits per heavy atom. The number of ketones is 1. The van der Waals surface area contributed by atoms with Crippen molar-refractivity contribution in [3.8, 4) is 0 Å². The van der Waals surface area contributed by atoms with E-state index in [9.17, 15) is 14.7 Å². The molecule has 3 heterocycles. The van der Waals surface area contributed by atoms with Crippen molar-refractivity contribution in [2.45, 2.75) is 19.9 Å². The number of aromatic amines is 1. The Labute approximate surface area is 208 Å². The van der Waals surface area contributed by atoms with Crippen LogP contribution in [0.3, 0.4) is 0 Å². The lowest BCUT2D eigenvalue weighted by molar-refractivity contribution is -0.132. The number of aliphatic hydroxyl groups excluding tert-OH is 1. The molecule has 1 aliphatic rings. The molecular weight excluding hydrogens is 450 g/mol. The SMILES string of the molecule is Cc1cc(C)cc(N2C(=O)C(=O)/C(=C(/O)c3c[nH]c4ccccc34)C2c2cn(C)c3ccccc23)c1. The standard InChI is InChI=1S/C30H25N3O3/c1-17-12-18(2)14-19(13-17)33-27(23-16-32(3)25-11-7-5-9-21(23)25)26(29(35)30(33)36)28(34)22-15-31-24-10-6-4-8-20(22)24/h4-16,27,31,34H,1-3H3/b28-26+. The number of nitrogens with zero attached hydrogens (tertiary/aromatic N) is 2. The fourth-order valence-corrected chi connectivity index (χ4v) is 5.49. The van der Waals surface area contributed by atoms with E-state index in [1.54, 1.807) is 6.20 Å². The van der Waals surface area contributed by atoms with Gasteiger partial charge in [0, 0.05) is 58.1 Å². The largest absolute Gasteiger partial charge is 0.507 e. The average Bonchev–Trinajstić information content (AvgIpc) is 3.51. The van der Waals surface area contributed by atoms with E-state index in [0.717, 1.165) is 38.5 Å². The highest BCUT2D eigenvalue weighted by Gasteiger charge is 2.48. The summed E-state index contributed by atoms with van der Waals surface area (Å²) in [5.41, 5.74) is 5.78. The van der Waals surface area contributed by atoms with Crippen LogP contribution in [-0.2, 0) is 16.6 Å². The van der Waals surface area contributed by atoms with Crippen molar-refractivity contribution in [2.75, 3.05) is 4.90 Å². The van der Waals surface area contributed by atoms with E-state index in [1.165, 1.54) is 4.90 Å². The Kier molecular flexibility index (Phi) is 4.86. The smallest absolute Gasteiger partial charge is 0.300 e. The molecule has 36 heavy (non-hydrogen) atoms. The Morgan fingerprint density at radius 3 is 2.33 bits per heavy atom. The zero-order valence-electron chi connectivity index (χ0n) is 20.2. The van der Waals surface area contributed by atoms with Gasteiger partial charge in [0.05, 0.1) is 11.6 Å². The molecule has 0 spiro atoms. The molecule has 1 aliphatic heterocycles. The van der Waals surface area contributed by atoms with Crippen LogP contribution in [0.25, 0.3) is 27.6 Å². The number of hydrogen-bond acceptors (Lipinski definition) is 3. The zero-order chi connectivity index (χ0) is 25.1. The van der Waals surface area contributed by atoms with Gasteiger partial charge in [0.25, 0.3) is 11.7 Å². The molecule has 0 aliphatic carbocycles. The lowest BCUT2D eigenvalue weighted by atomic mass is 9.94. The van der Waals surface area contributed by atoms with Crippen molar-refractivity contribution in [1.29, 1.82) is 0 Å². The molecule has 0 bridgehead atoms. The van der Waals surface area contributed by atoms with Gasteiger partial charge in [-0.1, -0.05) is 42.5 Å². The summed E-state index contributed by atoms with van der Waals surface area (Å²) < 4.78 is 1.98. The third kappa shape index (κ3) is 3.18. The van der Waals surface area contributed by atoms with Crippen molar-refractivity contribution >= 4 is 44.9 Å². The molecular formula is C30H25N3O3. The summed E-state index contributed by atoms with van der Waals surface area (Å²) >= 11 is 0. The number of benzene rings is 3. The molecule has 3 aromatic carbocycles.